The van der Waals surface area contributed by atoms with Crippen LogP contribution in [0.5, 0.6) is 0 Å². The van der Waals surface area contributed by atoms with Crippen molar-refractivity contribution in [3.63, 3.8) is 0 Å². The molecular formula is C10H19NOS. The van der Waals surface area contributed by atoms with Gasteiger partial charge in [0.2, 0.25) is 0 Å². The zero-order valence-electron chi connectivity index (χ0n) is 8.45. The van der Waals surface area contributed by atoms with Gasteiger partial charge in [0, 0.05) is 29.1 Å². The summed E-state index contributed by atoms with van der Waals surface area (Å²) in [6.45, 7) is 5.53. The Labute approximate surface area is 82.9 Å². The summed E-state index contributed by atoms with van der Waals surface area (Å²) in [5, 5.41) is 3.95. The summed E-state index contributed by atoms with van der Waals surface area (Å²) in [6.07, 6.45) is 2.48. The van der Waals surface area contributed by atoms with Crippen molar-refractivity contribution in [1.29, 1.82) is 0 Å². The van der Waals surface area contributed by atoms with Crippen LogP contribution >= 0.6 is 0 Å². The van der Waals surface area contributed by atoms with Gasteiger partial charge in [0.25, 0.3) is 0 Å². The summed E-state index contributed by atoms with van der Waals surface area (Å²) in [7, 11) is -0.564. The molecule has 0 aromatic carbocycles. The SMILES string of the molecule is CC1CC(C)C2C(C1)NCCS2=O. The molecule has 2 rings (SSSR count). The van der Waals surface area contributed by atoms with Crippen molar-refractivity contribution in [1.82, 2.24) is 5.32 Å². The van der Waals surface area contributed by atoms with E-state index in [9.17, 15) is 4.21 Å². The fourth-order valence-corrected chi connectivity index (χ4v) is 4.75. The molecule has 13 heavy (non-hydrogen) atoms. The summed E-state index contributed by atoms with van der Waals surface area (Å²) in [6, 6.07) is 0.535. The first-order valence-electron chi connectivity index (χ1n) is 5.29. The van der Waals surface area contributed by atoms with Crippen molar-refractivity contribution in [2.24, 2.45) is 11.8 Å². The summed E-state index contributed by atoms with van der Waals surface area (Å²) < 4.78 is 11.8. The van der Waals surface area contributed by atoms with Crippen molar-refractivity contribution < 1.29 is 4.21 Å². The molecule has 1 aliphatic heterocycles. The van der Waals surface area contributed by atoms with Gasteiger partial charge >= 0.3 is 0 Å². The van der Waals surface area contributed by atoms with Crippen LogP contribution in [0.15, 0.2) is 0 Å². The van der Waals surface area contributed by atoms with Gasteiger partial charge in [-0.2, -0.15) is 0 Å². The maximum absolute atomic E-state index is 11.8. The molecular weight excluding hydrogens is 182 g/mol. The molecule has 5 unspecified atom stereocenters. The molecule has 3 heteroatoms. The highest BCUT2D eigenvalue weighted by molar-refractivity contribution is 7.85. The van der Waals surface area contributed by atoms with Crippen LogP contribution in [-0.4, -0.2) is 27.8 Å². The molecule has 2 nitrogen and oxygen atoms in total. The molecule has 2 fully saturated rings. The van der Waals surface area contributed by atoms with E-state index in [0.717, 1.165) is 18.2 Å². The van der Waals surface area contributed by atoms with E-state index in [-0.39, 0.29) is 0 Å². The molecule has 0 aromatic heterocycles. The van der Waals surface area contributed by atoms with Crippen LogP contribution < -0.4 is 5.32 Å². The minimum Gasteiger partial charge on any atom is -0.312 e. The van der Waals surface area contributed by atoms with Crippen molar-refractivity contribution >= 4 is 10.8 Å². The number of nitrogens with one attached hydrogen (secondary N) is 1. The zero-order chi connectivity index (χ0) is 9.42. The van der Waals surface area contributed by atoms with E-state index in [4.69, 9.17) is 0 Å². The van der Waals surface area contributed by atoms with Crippen LogP contribution in [0.4, 0.5) is 0 Å². The number of hydrogen-bond acceptors (Lipinski definition) is 2. The average molecular weight is 201 g/mol. The Hall–Kier alpha value is 0.110. The first-order chi connectivity index (χ1) is 6.18. The van der Waals surface area contributed by atoms with Crippen LogP contribution in [-0.2, 0) is 10.8 Å². The van der Waals surface area contributed by atoms with Gasteiger partial charge < -0.3 is 5.32 Å². The van der Waals surface area contributed by atoms with E-state index in [0.29, 0.717) is 17.2 Å². The van der Waals surface area contributed by atoms with Crippen LogP contribution in [0.3, 0.4) is 0 Å². The maximum atomic E-state index is 11.8. The van der Waals surface area contributed by atoms with Gasteiger partial charge in [-0.3, -0.25) is 4.21 Å². The molecule has 0 spiro atoms. The molecule has 1 saturated heterocycles. The molecule has 0 aromatic rings. The molecule has 76 valence electrons. The molecule has 0 amide bonds. The lowest BCUT2D eigenvalue weighted by molar-refractivity contribution is 0.242. The van der Waals surface area contributed by atoms with E-state index >= 15 is 0 Å². The Bertz CT molecular complexity index is 219. The predicted molar refractivity (Wildman–Crippen MR) is 56.2 cm³/mol. The van der Waals surface area contributed by atoms with Crippen LogP contribution in [0.25, 0.3) is 0 Å². The van der Waals surface area contributed by atoms with Gasteiger partial charge in [-0.25, -0.2) is 0 Å². The average Bonchev–Trinajstić information content (AvgIpc) is 2.02. The standard InChI is InChI=1S/C10H19NOS/c1-7-5-8(2)10-9(6-7)11-3-4-13(10)12/h7-11H,3-6H2,1-2H3. The lowest BCUT2D eigenvalue weighted by atomic mass is 9.80. The summed E-state index contributed by atoms with van der Waals surface area (Å²) in [5.74, 6) is 2.31. The van der Waals surface area contributed by atoms with Gasteiger partial charge in [0.15, 0.2) is 0 Å². The van der Waals surface area contributed by atoms with Gasteiger partial charge in [-0.15, -0.1) is 0 Å². The Morgan fingerprint density at radius 2 is 2.08 bits per heavy atom. The van der Waals surface area contributed by atoms with Gasteiger partial charge in [0.05, 0.1) is 5.25 Å². The van der Waals surface area contributed by atoms with E-state index < -0.39 is 10.8 Å². The third-order valence-electron chi connectivity index (χ3n) is 3.40. The van der Waals surface area contributed by atoms with Crippen molar-refractivity contribution in [2.75, 3.05) is 12.3 Å². The molecule has 0 bridgehead atoms. The van der Waals surface area contributed by atoms with Gasteiger partial charge in [-0.05, 0) is 24.7 Å². The fraction of sp³-hybridized carbons (Fsp3) is 1.00. The normalized spacial score (nSPS) is 51.4. The zero-order valence-corrected chi connectivity index (χ0v) is 9.27. The Morgan fingerprint density at radius 3 is 2.85 bits per heavy atom. The lowest BCUT2D eigenvalue weighted by Gasteiger charge is -2.42. The summed E-state index contributed by atoms with van der Waals surface area (Å²) >= 11 is 0. The van der Waals surface area contributed by atoms with Crippen LogP contribution in [0.2, 0.25) is 0 Å². The second-order valence-corrected chi connectivity index (χ2v) is 6.38. The molecule has 2 aliphatic rings. The summed E-state index contributed by atoms with van der Waals surface area (Å²) in [5.41, 5.74) is 0. The molecule has 5 atom stereocenters. The third kappa shape index (κ3) is 1.82. The van der Waals surface area contributed by atoms with Crippen LogP contribution in [0.1, 0.15) is 26.7 Å². The van der Waals surface area contributed by atoms with Gasteiger partial charge in [0.1, 0.15) is 0 Å². The van der Waals surface area contributed by atoms with Crippen molar-refractivity contribution in [3.8, 4) is 0 Å². The molecule has 1 aliphatic carbocycles. The smallest absolute Gasteiger partial charge is 0.0527 e. The quantitative estimate of drug-likeness (QED) is 0.637. The highest BCUT2D eigenvalue weighted by Crippen LogP contribution is 2.33. The van der Waals surface area contributed by atoms with E-state index in [1.165, 1.54) is 12.8 Å². The Morgan fingerprint density at radius 1 is 1.31 bits per heavy atom. The first kappa shape index (κ1) is 9.66. The number of hydrogen-bond donors (Lipinski definition) is 1. The van der Waals surface area contributed by atoms with E-state index in [1.807, 2.05) is 0 Å². The highest BCUT2D eigenvalue weighted by Gasteiger charge is 2.39. The van der Waals surface area contributed by atoms with Gasteiger partial charge in [-0.1, -0.05) is 13.8 Å². The Balaban J connectivity index is 2.12. The molecule has 0 radical (unpaired) electrons. The molecule has 1 N–H and O–H groups in total. The third-order valence-corrected chi connectivity index (χ3v) is 5.41. The summed E-state index contributed by atoms with van der Waals surface area (Å²) in [4.78, 5) is 0. The minimum atomic E-state index is -0.564. The van der Waals surface area contributed by atoms with E-state index in [2.05, 4.69) is 19.2 Å². The lowest BCUT2D eigenvalue weighted by Crippen LogP contribution is -2.55. The minimum absolute atomic E-state index is 0.435. The predicted octanol–water partition coefficient (Wildman–Crippen LogP) is 1.14. The number of fused-ring (bicyclic) bond motifs is 1. The number of rotatable bonds is 0. The topological polar surface area (TPSA) is 29.1 Å². The van der Waals surface area contributed by atoms with E-state index in [1.54, 1.807) is 0 Å². The van der Waals surface area contributed by atoms with Crippen molar-refractivity contribution in [3.05, 3.63) is 0 Å². The Kier molecular flexibility index (Phi) is 2.75. The molecule has 1 heterocycles. The molecule has 1 saturated carbocycles. The second-order valence-electron chi connectivity index (χ2n) is 4.66. The van der Waals surface area contributed by atoms with Crippen LogP contribution in [0, 0.1) is 11.8 Å². The second kappa shape index (κ2) is 3.70. The highest BCUT2D eigenvalue weighted by atomic mass is 32.2. The van der Waals surface area contributed by atoms with Crippen molar-refractivity contribution in [2.45, 2.75) is 38.0 Å². The fourth-order valence-electron chi connectivity index (χ4n) is 2.95. The maximum Gasteiger partial charge on any atom is 0.0527 e. The largest absolute Gasteiger partial charge is 0.312 e. The monoisotopic (exact) mass is 201 g/mol. The first-order valence-corrected chi connectivity index (χ1v) is 6.67.